The zero-order chi connectivity index (χ0) is 19.6. The van der Waals surface area contributed by atoms with Crippen molar-refractivity contribution in [2.45, 2.75) is 53.2 Å². The predicted molar refractivity (Wildman–Crippen MR) is 100 cm³/mol. The number of nitrogens with one attached hydrogen (secondary N) is 1. The van der Waals surface area contributed by atoms with E-state index in [1.807, 2.05) is 52.0 Å². The molecule has 0 aliphatic rings. The van der Waals surface area contributed by atoms with Gasteiger partial charge in [0, 0.05) is 19.8 Å². The van der Waals surface area contributed by atoms with Crippen molar-refractivity contribution in [2.24, 2.45) is 0 Å². The van der Waals surface area contributed by atoms with Gasteiger partial charge in [-0.3, -0.25) is 4.79 Å². The maximum absolute atomic E-state index is 12.3. The van der Waals surface area contributed by atoms with Gasteiger partial charge in [0.2, 0.25) is 0 Å². The molecule has 1 N–H and O–H groups in total. The Morgan fingerprint density at radius 3 is 2.41 bits per heavy atom. The molecule has 1 aromatic heterocycles. The topological polar surface area (TPSA) is 87.5 Å². The van der Waals surface area contributed by atoms with Gasteiger partial charge in [-0.25, -0.2) is 4.68 Å². The van der Waals surface area contributed by atoms with E-state index in [2.05, 4.69) is 15.6 Å². The van der Waals surface area contributed by atoms with Gasteiger partial charge in [0.15, 0.2) is 12.0 Å². The smallest absolute Gasteiger partial charge is 0.273 e. The summed E-state index contributed by atoms with van der Waals surface area (Å²) < 4.78 is 18.1. The van der Waals surface area contributed by atoms with E-state index in [0.717, 1.165) is 11.3 Å². The Hall–Kier alpha value is -2.45. The summed E-state index contributed by atoms with van der Waals surface area (Å²) in [5.74, 6) is 0.522. The lowest BCUT2D eigenvalue weighted by atomic mass is 10.2. The van der Waals surface area contributed by atoms with Crippen LogP contribution < -0.4 is 10.1 Å². The summed E-state index contributed by atoms with van der Waals surface area (Å²) in [6.45, 7) is 9.59. The highest BCUT2D eigenvalue weighted by Crippen LogP contribution is 2.13. The van der Waals surface area contributed by atoms with E-state index in [4.69, 9.17) is 14.2 Å². The quantitative estimate of drug-likeness (QED) is 0.606. The maximum Gasteiger partial charge on any atom is 0.273 e. The first-order valence-corrected chi connectivity index (χ1v) is 9.19. The molecule has 0 unspecified atom stereocenters. The number of carbonyl (C=O) groups excluding carboxylic acids is 1. The Morgan fingerprint density at radius 1 is 1.15 bits per heavy atom. The summed E-state index contributed by atoms with van der Waals surface area (Å²) in [6.07, 6.45) is 1.30. The summed E-state index contributed by atoms with van der Waals surface area (Å²) in [7, 11) is 0. The largest absolute Gasteiger partial charge is 0.491 e. The number of hydrogen-bond donors (Lipinski definition) is 1. The molecule has 0 saturated carbocycles. The minimum Gasteiger partial charge on any atom is -0.491 e. The monoisotopic (exact) mass is 376 g/mol. The molecule has 0 spiro atoms. The second-order valence-corrected chi connectivity index (χ2v) is 6.16. The molecule has 148 valence electrons. The van der Waals surface area contributed by atoms with Crippen LogP contribution in [0, 0.1) is 0 Å². The van der Waals surface area contributed by atoms with E-state index in [-0.39, 0.29) is 17.7 Å². The fourth-order valence-electron chi connectivity index (χ4n) is 2.40. The molecule has 0 radical (unpaired) electrons. The highest BCUT2D eigenvalue weighted by molar-refractivity contribution is 5.91. The Balaban J connectivity index is 1.86. The number of hydrogen-bond acceptors (Lipinski definition) is 6. The van der Waals surface area contributed by atoms with Gasteiger partial charge < -0.3 is 19.5 Å². The number of aromatic nitrogens is 3. The van der Waals surface area contributed by atoms with Crippen LogP contribution in [0.2, 0.25) is 0 Å². The number of ether oxygens (including phenoxy) is 3. The van der Waals surface area contributed by atoms with E-state index in [9.17, 15) is 4.79 Å². The molecular weight excluding hydrogens is 348 g/mol. The van der Waals surface area contributed by atoms with E-state index in [1.165, 1.54) is 0 Å². The summed E-state index contributed by atoms with van der Waals surface area (Å²) >= 11 is 0. The molecule has 1 aromatic carbocycles. The lowest BCUT2D eigenvalue weighted by Crippen LogP contribution is -2.24. The zero-order valence-corrected chi connectivity index (χ0v) is 16.3. The van der Waals surface area contributed by atoms with E-state index in [1.54, 1.807) is 10.9 Å². The van der Waals surface area contributed by atoms with Gasteiger partial charge in [0.05, 0.1) is 18.8 Å². The molecule has 2 aromatic rings. The molecule has 8 heteroatoms. The van der Waals surface area contributed by atoms with E-state index >= 15 is 0 Å². The molecule has 2 rings (SSSR count). The SMILES string of the molecule is CCOC(Cn1cc(C(=O)NCc2ccc(OC(C)C)cc2)nn1)OCC. The second-order valence-electron chi connectivity index (χ2n) is 6.16. The molecule has 0 saturated heterocycles. The Labute approximate surface area is 159 Å². The van der Waals surface area contributed by atoms with Gasteiger partial charge in [-0.1, -0.05) is 17.3 Å². The number of amides is 1. The van der Waals surface area contributed by atoms with Crippen molar-refractivity contribution in [1.29, 1.82) is 0 Å². The first-order chi connectivity index (χ1) is 13.0. The van der Waals surface area contributed by atoms with Gasteiger partial charge in [-0.05, 0) is 45.4 Å². The number of rotatable bonds is 11. The van der Waals surface area contributed by atoms with Crippen LogP contribution in [-0.2, 0) is 22.6 Å². The first kappa shape index (κ1) is 20.9. The van der Waals surface area contributed by atoms with Crippen molar-refractivity contribution in [2.75, 3.05) is 13.2 Å². The van der Waals surface area contributed by atoms with Crippen molar-refractivity contribution in [1.82, 2.24) is 20.3 Å². The van der Waals surface area contributed by atoms with Crippen LogP contribution in [0.3, 0.4) is 0 Å². The molecule has 8 nitrogen and oxygen atoms in total. The van der Waals surface area contributed by atoms with Crippen LogP contribution in [0.1, 0.15) is 43.7 Å². The summed E-state index contributed by atoms with van der Waals surface area (Å²) in [4.78, 5) is 12.3. The molecule has 0 fully saturated rings. The van der Waals surface area contributed by atoms with Gasteiger partial charge in [0.1, 0.15) is 5.75 Å². The predicted octanol–water partition coefficient (Wildman–Crippen LogP) is 2.39. The minimum absolute atomic E-state index is 0.128. The highest BCUT2D eigenvalue weighted by Gasteiger charge is 2.14. The van der Waals surface area contributed by atoms with Crippen molar-refractivity contribution < 1.29 is 19.0 Å². The molecule has 1 amide bonds. The summed E-state index contributed by atoms with van der Waals surface area (Å²) in [5, 5.41) is 10.7. The third-order valence-corrected chi connectivity index (χ3v) is 3.56. The van der Waals surface area contributed by atoms with Gasteiger partial charge in [0.25, 0.3) is 5.91 Å². The maximum atomic E-state index is 12.3. The third-order valence-electron chi connectivity index (χ3n) is 3.56. The number of carbonyl (C=O) groups is 1. The summed E-state index contributed by atoms with van der Waals surface area (Å²) in [5.41, 5.74) is 1.22. The lowest BCUT2D eigenvalue weighted by molar-refractivity contribution is -0.145. The molecule has 0 bridgehead atoms. The van der Waals surface area contributed by atoms with Crippen molar-refractivity contribution in [3.8, 4) is 5.75 Å². The second kappa shape index (κ2) is 10.6. The van der Waals surface area contributed by atoms with Crippen LogP contribution in [0.25, 0.3) is 0 Å². The van der Waals surface area contributed by atoms with Crippen molar-refractivity contribution in [3.63, 3.8) is 0 Å². The van der Waals surface area contributed by atoms with Crippen molar-refractivity contribution in [3.05, 3.63) is 41.7 Å². The lowest BCUT2D eigenvalue weighted by Gasteiger charge is -2.16. The number of nitrogens with zero attached hydrogens (tertiary/aromatic N) is 3. The molecule has 1 heterocycles. The van der Waals surface area contributed by atoms with E-state index in [0.29, 0.717) is 26.3 Å². The average molecular weight is 376 g/mol. The Bertz CT molecular complexity index is 694. The zero-order valence-electron chi connectivity index (χ0n) is 16.3. The van der Waals surface area contributed by atoms with Gasteiger partial charge >= 0.3 is 0 Å². The average Bonchev–Trinajstić information content (AvgIpc) is 3.09. The summed E-state index contributed by atoms with van der Waals surface area (Å²) in [6, 6.07) is 7.62. The highest BCUT2D eigenvalue weighted by atomic mass is 16.7. The fraction of sp³-hybridized carbons (Fsp3) is 0.526. The third kappa shape index (κ3) is 6.99. The fourth-order valence-corrected chi connectivity index (χ4v) is 2.40. The van der Waals surface area contributed by atoms with Crippen molar-refractivity contribution >= 4 is 5.91 Å². The van der Waals surface area contributed by atoms with E-state index < -0.39 is 6.29 Å². The molecule has 27 heavy (non-hydrogen) atoms. The van der Waals surface area contributed by atoms with Crippen LogP contribution in [0.4, 0.5) is 0 Å². The first-order valence-electron chi connectivity index (χ1n) is 9.19. The van der Waals surface area contributed by atoms with Crippen LogP contribution in [-0.4, -0.2) is 46.5 Å². The normalized spacial score (nSPS) is 11.2. The minimum atomic E-state index is -0.413. The van der Waals surface area contributed by atoms with Gasteiger partial charge in [-0.2, -0.15) is 0 Å². The molecular formula is C19H28N4O4. The Kier molecular flexibility index (Phi) is 8.22. The molecule has 0 atom stereocenters. The van der Waals surface area contributed by atoms with Gasteiger partial charge in [-0.15, -0.1) is 5.10 Å². The van der Waals surface area contributed by atoms with Crippen LogP contribution in [0.5, 0.6) is 5.75 Å². The standard InChI is InChI=1S/C19H28N4O4/c1-5-25-18(26-6-2)13-23-12-17(21-22-23)19(24)20-11-15-7-9-16(10-8-15)27-14(3)4/h7-10,12,14,18H,5-6,11,13H2,1-4H3,(H,20,24). The number of benzene rings is 1. The van der Waals surface area contributed by atoms with Crippen LogP contribution in [0.15, 0.2) is 30.5 Å². The Morgan fingerprint density at radius 2 is 1.81 bits per heavy atom. The molecule has 0 aliphatic carbocycles. The molecule has 0 aliphatic heterocycles. The van der Waals surface area contributed by atoms with Crippen LogP contribution >= 0.6 is 0 Å².